The van der Waals surface area contributed by atoms with Gasteiger partial charge < -0.3 is 26.0 Å². The minimum atomic E-state index is -4.42. The largest absolute Gasteiger partial charge is 0.444 e. The van der Waals surface area contributed by atoms with Crippen molar-refractivity contribution in [3.05, 3.63) is 59.7 Å². The second-order valence-corrected chi connectivity index (χ2v) is 8.91. The molecule has 0 aliphatic rings. The highest BCUT2D eigenvalue weighted by Gasteiger charge is 2.30. The summed E-state index contributed by atoms with van der Waals surface area (Å²) in [6, 6.07) is 11.1. The van der Waals surface area contributed by atoms with E-state index < -0.39 is 23.4 Å². The summed E-state index contributed by atoms with van der Waals surface area (Å²) in [4.78, 5) is 35.3. The van der Waals surface area contributed by atoms with E-state index in [1.165, 1.54) is 17.0 Å². The topological polar surface area (TPSA) is 114 Å². The van der Waals surface area contributed by atoms with Gasteiger partial charge in [0.15, 0.2) is 0 Å². The number of nitrogens with zero attached hydrogens (tertiary/aromatic N) is 1. The molecule has 0 atom stereocenters. The molecule has 3 amide bonds. The van der Waals surface area contributed by atoms with Crippen LogP contribution in [0.5, 0.6) is 0 Å². The number of halogens is 3. The Balaban J connectivity index is 0. The average Bonchev–Trinajstić information content (AvgIpc) is 2.88. The van der Waals surface area contributed by atoms with Crippen molar-refractivity contribution in [1.82, 2.24) is 10.2 Å². The van der Waals surface area contributed by atoms with Gasteiger partial charge in [-0.25, -0.2) is 4.79 Å². The number of ether oxygens (including phenoxy) is 1. The molecule has 0 bridgehead atoms. The van der Waals surface area contributed by atoms with Gasteiger partial charge in [0.05, 0.1) is 16.8 Å². The number of alkyl halides is 3. The van der Waals surface area contributed by atoms with Crippen LogP contribution in [0, 0.1) is 0 Å². The lowest BCUT2D eigenvalue weighted by atomic mass is 10.1. The zero-order chi connectivity index (χ0) is 31.5. The first-order valence-corrected chi connectivity index (χ1v) is 13.2. The van der Waals surface area contributed by atoms with E-state index in [1.54, 1.807) is 45.0 Å². The van der Waals surface area contributed by atoms with E-state index in [9.17, 15) is 22.8 Å². The zero-order valence-electron chi connectivity index (χ0n) is 25.0. The van der Waals surface area contributed by atoms with Gasteiger partial charge in [0.1, 0.15) is 5.60 Å². The Labute approximate surface area is 236 Å². The van der Waals surface area contributed by atoms with Crippen molar-refractivity contribution in [3.63, 3.8) is 0 Å². The smallest absolute Gasteiger partial charge is 0.416 e. The summed E-state index contributed by atoms with van der Waals surface area (Å²) in [7, 11) is 0. The van der Waals surface area contributed by atoms with Gasteiger partial charge in [0.2, 0.25) is 6.41 Å². The molecule has 0 aliphatic carbocycles. The lowest BCUT2D eigenvalue weighted by Crippen LogP contribution is -2.44. The number of para-hydroxylation sites is 1. The number of rotatable bonds is 7. The summed E-state index contributed by atoms with van der Waals surface area (Å²) in [5.41, 5.74) is 3.97. The molecule has 2 aromatic carbocycles. The quantitative estimate of drug-likeness (QED) is 0.311. The molecule has 0 aliphatic heterocycles. The van der Waals surface area contributed by atoms with Crippen LogP contribution in [0.15, 0.2) is 48.5 Å². The van der Waals surface area contributed by atoms with Gasteiger partial charge in [-0.3, -0.25) is 9.59 Å². The summed E-state index contributed by atoms with van der Waals surface area (Å²) in [5, 5.41) is 5.76. The molecule has 0 aromatic heterocycles. The molecule has 226 valence electrons. The summed E-state index contributed by atoms with van der Waals surface area (Å²) in [6.07, 6.45) is -4.63. The van der Waals surface area contributed by atoms with Crippen molar-refractivity contribution in [3.8, 4) is 0 Å². The maximum absolute atomic E-state index is 12.8. The van der Waals surface area contributed by atoms with E-state index >= 15 is 0 Å². The lowest BCUT2D eigenvalue weighted by Gasteiger charge is -2.30. The number of amides is 3. The highest BCUT2D eigenvalue weighted by molar-refractivity contribution is 6.00. The van der Waals surface area contributed by atoms with Gasteiger partial charge in [-0.2, -0.15) is 13.2 Å². The van der Waals surface area contributed by atoms with Crippen LogP contribution in [-0.4, -0.2) is 48.0 Å². The van der Waals surface area contributed by atoms with Gasteiger partial charge in [-0.15, -0.1) is 0 Å². The molecule has 11 heteroatoms. The summed E-state index contributed by atoms with van der Waals surface area (Å²) in [6.45, 7) is 17.5. The van der Waals surface area contributed by atoms with Crippen LogP contribution in [0.3, 0.4) is 0 Å². The van der Waals surface area contributed by atoms with Crippen molar-refractivity contribution in [1.29, 1.82) is 0 Å². The monoisotopic (exact) mass is 570 g/mol. The molecule has 4 N–H and O–H groups in total. The Bertz CT molecular complexity index is 1010. The lowest BCUT2D eigenvalue weighted by molar-refractivity contribution is -0.137. The maximum Gasteiger partial charge on any atom is 0.416 e. The number of primary amides is 1. The Morgan fingerprint density at radius 3 is 1.93 bits per heavy atom. The van der Waals surface area contributed by atoms with Crippen LogP contribution < -0.4 is 16.4 Å². The Kier molecular flexibility index (Phi) is 18.5. The fourth-order valence-electron chi connectivity index (χ4n) is 2.95. The van der Waals surface area contributed by atoms with Crippen molar-refractivity contribution >= 4 is 29.8 Å². The van der Waals surface area contributed by atoms with Crippen molar-refractivity contribution in [2.75, 3.05) is 18.4 Å². The molecule has 2 aromatic rings. The van der Waals surface area contributed by atoms with E-state index in [0.29, 0.717) is 16.9 Å². The summed E-state index contributed by atoms with van der Waals surface area (Å²) < 4.78 is 43.7. The van der Waals surface area contributed by atoms with Gasteiger partial charge in [-0.05, 0) is 71.0 Å². The average molecular weight is 571 g/mol. The highest BCUT2D eigenvalue weighted by Crippen LogP contribution is 2.30. The molecule has 0 heterocycles. The van der Waals surface area contributed by atoms with Gasteiger partial charge in [0, 0.05) is 24.8 Å². The van der Waals surface area contributed by atoms with Crippen LogP contribution in [0.25, 0.3) is 0 Å². The number of carbonyl (C=O) groups excluding carboxylic acids is 3. The minimum absolute atomic E-state index is 0.120. The first-order chi connectivity index (χ1) is 18.7. The standard InChI is InChI=1S/C24H30F3N3O3.2C2H6.CH3NO/c1-16(2)30(22(32)33-23(3,4)5)15-14-28-21(31)19-8-6-7-9-20(19)29-18-12-10-17(11-13-18)24(25,26)27;2*1-2;2-1-3/h6-13,16,29H,14-15H2,1-5H3,(H,28,31);2*1-2H3;1H,(H2,2,3). The Morgan fingerprint density at radius 1 is 0.975 bits per heavy atom. The molecule has 0 radical (unpaired) electrons. The predicted molar refractivity (Wildman–Crippen MR) is 155 cm³/mol. The molecule has 0 saturated carbocycles. The molecule has 8 nitrogen and oxygen atoms in total. The minimum Gasteiger partial charge on any atom is -0.444 e. The molecular weight excluding hydrogens is 525 g/mol. The Morgan fingerprint density at radius 2 is 1.48 bits per heavy atom. The van der Waals surface area contributed by atoms with Crippen molar-refractivity contribution in [2.45, 2.75) is 80.1 Å². The second-order valence-electron chi connectivity index (χ2n) is 8.91. The van der Waals surface area contributed by atoms with Gasteiger partial charge in [-0.1, -0.05) is 39.8 Å². The van der Waals surface area contributed by atoms with E-state index in [1.807, 2.05) is 41.5 Å². The molecule has 2 rings (SSSR count). The van der Waals surface area contributed by atoms with Crippen molar-refractivity contribution < 1.29 is 32.3 Å². The van der Waals surface area contributed by atoms with E-state index in [-0.39, 0.29) is 31.4 Å². The highest BCUT2D eigenvalue weighted by atomic mass is 19.4. The number of anilines is 2. The summed E-state index contributed by atoms with van der Waals surface area (Å²) >= 11 is 0. The SMILES string of the molecule is CC.CC.CC(C)N(CCNC(=O)c1ccccc1Nc1ccc(C(F)(F)F)cc1)C(=O)OC(C)(C)C.NC=O. The summed E-state index contributed by atoms with van der Waals surface area (Å²) in [5.74, 6) is -0.377. The number of nitrogens with two attached hydrogens (primary N) is 1. The number of benzene rings is 2. The first-order valence-electron chi connectivity index (χ1n) is 13.2. The van der Waals surface area contributed by atoms with Crippen molar-refractivity contribution in [2.24, 2.45) is 5.73 Å². The molecular formula is C29H45F3N4O4. The molecule has 0 saturated heterocycles. The fourth-order valence-corrected chi connectivity index (χ4v) is 2.95. The third-order valence-electron chi connectivity index (χ3n) is 4.55. The third-order valence-corrected chi connectivity index (χ3v) is 4.55. The van der Waals surface area contributed by atoms with Crippen LogP contribution >= 0.6 is 0 Å². The van der Waals surface area contributed by atoms with Crippen LogP contribution in [-0.2, 0) is 15.7 Å². The van der Waals surface area contributed by atoms with Crippen LogP contribution in [0.4, 0.5) is 29.3 Å². The number of hydrogen-bond acceptors (Lipinski definition) is 5. The fraction of sp³-hybridized carbons (Fsp3) is 0.483. The van der Waals surface area contributed by atoms with Gasteiger partial charge >= 0.3 is 12.3 Å². The van der Waals surface area contributed by atoms with Crippen LogP contribution in [0.1, 0.15) is 78.2 Å². The number of carbonyl (C=O) groups is 3. The second kappa shape index (κ2) is 19.3. The van der Waals surface area contributed by atoms with E-state index in [4.69, 9.17) is 9.53 Å². The molecule has 0 spiro atoms. The third kappa shape index (κ3) is 15.0. The molecule has 0 fully saturated rings. The molecule has 40 heavy (non-hydrogen) atoms. The van der Waals surface area contributed by atoms with E-state index in [0.717, 1.165) is 12.1 Å². The van der Waals surface area contributed by atoms with Gasteiger partial charge in [0.25, 0.3) is 5.91 Å². The number of nitrogens with one attached hydrogen (secondary N) is 2. The zero-order valence-corrected chi connectivity index (χ0v) is 25.0. The molecule has 0 unspecified atom stereocenters. The normalized spacial score (nSPS) is 10.3. The number of hydrogen-bond donors (Lipinski definition) is 3. The predicted octanol–water partition coefficient (Wildman–Crippen LogP) is 6.98. The maximum atomic E-state index is 12.8. The first kappa shape index (κ1) is 38.4. The van der Waals surface area contributed by atoms with E-state index in [2.05, 4.69) is 16.4 Å². The Hall–Kier alpha value is -3.76. The van der Waals surface area contributed by atoms with Crippen LogP contribution in [0.2, 0.25) is 0 Å².